The normalized spacial score (nSPS) is 42.4. The molecule has 0 aromatic carbocycles. The molecule has 0 aromatic heterocycles. The summed E-state index contributed by atoms with van der Waals surface area (Å²) in [5, 5.41) is 10.9. The van der Waals surface area contributed by atoms with E-state index in [1.165, 1.54) is 6.42 Å². The summed E-state index contributed by atoms with van der Waals surface area (Å²) in [5.41, 5.74) is 0.0588. The molecule has 0 aliphatic heterocycles. The van der Waals surface area contributed by atoms with Gasteiger partial charge in [0.15, 0.2) is 5.78 Å². The van der Waals surface area contributed by atoms with Crippen LogP contribution in [0.1, 0.15) is 47.0 Å². The van der Waals surface area contributed by atoms with Crippen LogP contribution in [0.4, 0.5) is 0 Å². The second-order valence-corrected chi connectivity index (χ2v) is 6.35. The molecule has 0 saturated heterocycles. The summed E-state index contributed by atoms with van der Waals surface area (Å²) in [5.74, 6) is 1.61. The van der Waals surface area contributed by atoms with Gasteiger partial charge in [-0.25, -0.2) is 0 Å². The van der Waals surface area contributed by atoms with Gasteiger partial charge in [-0.2, -0.15) is 0 Å². The summed E-state index contributed by atoms with van der Waals surface area (Å²) in [6, 6.07) is 0. The van der Waals surface area contributed by atoms with Crippen LogP contribution in [-0.4, -0.2) is 16.5 Å². The maximum absolute atomic E-state index is 11.8. The first-order valence-corrected chi connectivity index (χ1v) is 6.80. The second kappa shape index (κ2) is 4.24. The molecule has 0 radical (unpaired) electrons. The third-order valence-electron chi connectivity index (χ3n) is 4.99. The van der Waals surface area contributed by atoms with Crippen molar-refractivity contribution in [3.05, 3.63) is 11.6 Å². The summed E-state index contributed by atoms with van der Waals surface area (Å²) in [6.07, 6.45) is 4.58. The molecule has 2 aliphatic carbocycles. The van der Waals surface area contributed by atoms with Crippen LogP contribution < -0.4 is 0 Å². The van der Waals surface area contributed by atoms with Crippen molar-refractivity contribution in [3.63, 3.8) is 0 Å². The Morgan fingerprint density at radius 3 is 2.65 bits per heavy atom. The smallest absolute Gasteiger partial charge is 0.161 e. The molecule has 0 bridgehead atoms. The third-order valence-corrected chi connectivity index (χ3v) is 4.99. The zero-order valence-corrected chi connectivity index (χ0v) is 11.4. The van der Waals surface area contributed by atoms with Gasteiger partial charge in [-0.1, -0.05) is 26.8 Å². The van der Waals surface area contributed by atoms with Crippen molar-refractivity contribution >= 4 is 5.78 Å². The minimum absolute atomic E-state index is 0.125. The maximum Gasteiger partial charge on any atom is 0.161 e. The lowest BCUT2D eigenvalue weighted by molar-refractivity contribution is -0.139. The van der Waals surface area contributed by atoms with Crippen LogP contribution in [0.15, 0.2) is 11.6 Å². The topological polar surface area (TPSA) is 37.3 Å². The molecule has 2 nitrogen and oxygen atoms in total. The lowest BCUT2D eigenvalue weighted by atomic mass is 9.57. The molecule has 2 rings (SSSR count). The van der Waals surface area contributed by atoms with Crippen LogP contribution in [-0.2, 0) is 4.79 Å². The van der Waals surface area contributed by atoms with Gasteiger partial charge in [0.25, 0.3) is 0 Å². The molecule has 0 spiro atoms. The summed E-state index contributed by atoms with van der Waals surface area (Å²) < 4.78 is 0. The van der Waals surface area contributed by atoms with Gasteiger partial charge in [-0.05, 0) is 43.1 Å². The number of hydrogen-bond donors (Lipinski definition) is 1. The molecule has 2 heteroatoms. The number of ketones is 1. The van der Waals surface area contributed by atoms with E-state index in [1.54, 1.807) is 0 Å². The predicted octanol–water partition coefficient (Wildman–Crippen LogP) is 2.95. The number of carbonyl (C=O) groups is 1. The lowest BCUT2D eigenvalue weighted by Gasteiger charge is -2.50. The Morgan fingerprint density at radius 1 is 1.41 bits per heavy atom. The second-order valence-electron chi connectivity index (χ2n) is 6.35. The van der Waals surface area contributed by atoms with Gasteiger partial charge in [-0.15, -0.1) is 0 Å². The molecular weight excluding hydrogens is 212 g/mol. The Kier molecular flexibility index (Phi) is 3.19. The first kappa shape index (κ1) is 12.8. The summed E-state index contributed by atoms with van der Waals surface area (Å²) >= 11 is 0. The van der Waals surface area contributed by atoms with Gasteiger partial charge < -0.3 is 5.11 Å². The number of carbonyl (C=O) groups excluding carboxylic acids is 1. The van der Waals surface area contributed by atoms with Crippen LogP contribution in [0.25, 0.3) is 0 Å². The molecule has 96 valence electrons. The Bertz CT molecular complexity index is 356. The molecule has 0 aromatic rings. The highest BCUT2D eigenvalue weighted by Crippen LogP contribution is 2.49. The minimum atomic E-state index is -0.788. The number of hydrogen-bond acceptors (Lipinski definition) is 2. The first-order chi connectivity index (χ1) is 7.86. The maximum atomic E-state index is 11.8. The fourth-order valence-electron chi connectivity index (χ4n) is 3.64. The van der Waals surface area contributed by atoms with E-state index in [0.717, 1.165) is 12.0 Å². The molecule has 17 heavy (non-hydrogen) atoms. The molecule has 0 unspecified atom stereocenters. The third kappa shape index (κ3) is 1.97. The van der Waals surface area contributed by atoms with Gasteiger partial charge in [-0.3, -0.25) is 4.79 Å². The standard InChI is InChI=1S/C15H24O2/c1-9(2)12-6-5-11(4)15(17)8-14(16)10(3)7-13(12)15/h7,9,11-13,17H,5-6,8H2,1-4H3/t11-,12+,13+,15-/m1/s1. The summed E-state index contributed by atoms with van der Waals surface area (Å²) in [4.78, 5) is 11.8. The Morgan fingerprint density at radius 2 is 2.06 bits per heavy atom. The van der Waals surface area contributed by atoms with Crippen LogP contribution in [0.3, 0.4) is 0 Å². The fraction of sp³-hybridized carbons (Fsp3) is 0.800. The minimum Gasteiger partial charge on any atom is -0.389 e. The highest BCUT2D eigenvalue weighted by Gasteiger charge is 2.51. The molecule has 4 atom stereocenters. The number of allylic oxidation sites excluding steroid dienone is 1. The van der Waals surface area contributed by atoms with E-state index >= 15 is 0 Å². The van der Waals surface area contributed by atoms with Crippen LogP contribution in [0.2, 0.25) is 0 Å². The van der Waals surface area contributed by atoms with Crippen LogP contribution in [0, 0.1) is 23.7 Å². The van der Waals surface area contributed by atoms with E-state index in [9.17, 15) is 9.90 Å². The van der Waals surface area contributed by atoms with Gasteiger partial charge >= 0.3 is 0 Å². The van der Waals surface area contributed by atoms with Crippen molar-refractivity contribution in [1.29, 1.82) is 0 Å². The Labute approximate surface area is 104 Å². The molecule has 1 saturated carbocycles. The summed E-state index contributed by atoms with van der Waals surface area (Å²) in [7, 11) is 0. The lowest BCUT2D eigenvalue weighted by Crippen LogP contribution is -2.54. The van der Waals surface area contributed by atoms with E-state index in [1.807, 2.05) is 13.0 Å². The number of fused-ring (bicyclic) bond motifs is 1. The summed E-state index contributed by atoms with van der Waals surface area (Å²) in [6.45, 7) is 8.42. The van der Waals surface area contributed by atoms with E-state index in [0.29, 0.717) is 18.3 Å². The average Bonchev–Trinajstić information content (AvgIpc) is 2.23. The number of rotatable bonds is 1. The van der Waals surface area contributed by atoms with E-state index in [2.05, 4.69) is 20.8 Å². The van der Waals surface area contributed by atoms with Crippen molar-refractivity contribution in [1.82, 2.24) is 0 Å². The zero-order chi connectivity index (χ0) is 12.8. The number of aliphatic hydroxyl groups is 1. The van der Waals surface area contributed by atoms with E-state index in [4.69, 9.17) is 0 Å². The first-order valence-electron chi connectivity index (χ1n) is 6.80. The average molecular weight is 236 g/mol. The highest BCUT2D eigenvalue weighted by atomic mass is 16.3. The van der Waals surface area contributed by atoms with Gasteiger partial charge in [0.1, 0.15) is 0 Å². The molecule has 1 N–H and O–H groups in total. The molecule has 2 aliphatic rings. The van der Waals surface area contributed by atoms with Crippen LogP contribution >= 0.6 is 0 Å². The predicted molar refractivity (Wildman–Crippen MR) is 68.5 cm³/mol. The zero-order valence-electron chi connectivity index (χ0n) is 11.4. The molecule has 1 fully saturated rings. The van der Waals surface area contributed by atoms with Crippen LogP contribution in [0.5, 0.6) is 0 Å². The van der Waals surface area contributed by atoms with Crippen molar-refractivity contribution in [3.8, 4) is 0 Å². The Balaban J connectivity index is 2.40. The van der Waals surface area contributed by atoms with Crippen molar-refractivity contribution in [2.75, 3.05) is 0 Å². The quantitative estimate of drug-likeness (QED) is 0.760. The SMILES string of the molecule is CC1=C[C@H]2[C@H](C(C)C)CC[C@@H](C)[C@]2(O)CC1=O. The van der Waals surface area contributed by atoms with Gasteiger partial charge in [0.2, 0.25) is 0 Å². The highest BCUT2D eigenvalue weighted by molar-refractivity contribution is 5.96. The fourth-order valence-corrected chi connectivity index (χ4v) is 3.64. The number of Topliss-reactive ketones (excluding diaryl/α,β-unsaturated/α-hetero) is 1. The monoisotopic (exact) mass is 236 g/mol. The van der Waals surface area contributed by atoms with E-state index in [-0.39, 0.29) is 17.6 Å². The molecular formula is C15H24O2. The van der Waals surface area contributed by atoms with Gasteiger partial charge in [0, 0.05) is 12.3 Å². The van der Waals surface area contributed by atoms with Crippen molar-refractivity contribution in [2.45, 2.75) is 52.6 Å². The van der Waals surface area contributed by atoms with E-state index < -0.39 is 5.60 Å². The molecule has 0 heterocycles. The van der Waals surface area contributed by atoms with Gasteiger partial charge in [0.05, 0.1) is 5.60 Å². The van der Waals surface area contributed by atoms with Crippen molar-refractivity contribution < 1.29 is 9.90 Å². The molecule has 0 amide bonds. The van der Waals surface area contributed by atoms with Crippen molar-refractivity contribution in [2.24, 2.45) is 23.7 Å². The largest absolute Gasteiger partial charge is 0.389 e. The Hall–Kier alpha value is -0.630.